The lowest BCUT2D eigenvalue weighted by molar-refractivity contribution is 0.585. The number of hydrogen-bond acceptors (Lipinski definition) is 2. The lowest BCUT2D eigenvalue weighted by Crippen LogP contribution is -2.22. The van der Waals surface area contributed by atoms with Crippen molar-refractivity contribution < 1.29 is 4.39 Å². The number of nitrogens with one attached hydrogen (secondary N) is 1. The maximum atomic E-state index is 12.9. The van der Waals surface area contributed by atoms with Crippen LogP contribution in [0.25, 0.3) is 0 Å². The van der Waals surface area contributed by atoms with E-state index >= 15 is 0 Å². The molecule has 0 spiro atoms. The van der Waals surface area contributed by atoms with E-state index in [4.69, 9.17) is 11.6 Å². The van der Waals surface area contributed by atoms with Crippen LogP contribution in [0.5, 0.6) is 0 Å². The molecule has 0 heterocycles. The zero-order valence-corrected chi connectivity index (χ0v) is 13.1. The van der Waals surface area contributed by atoms with Crippen molar-refractivity contribution >= 4 is 23.4 Å². The van der Waals surface area contributed by atoms with Crippen molar-refractivity contribution in [1.82, 2.24) is 5.32 Å². The minimum atomic E-state index is -0.220. The van der Waals surface area contributed by atoms with E-state index in [2.05, 4.69) is 19.2 Å². The summed E-state index contributed by atoms with van der Waals surface area (Å²) in [6, 6.07) is 12.8. The molecule has 4 heteroatoms. The lowest BCUT2D eigenvalue weighted by Gasteiger charge is -2.13. The normalized spacial score (nSPS) is 11.1. The number of halogens is 2. The van der Waals surface area contributed by atoms with Crippen molar-refractivity contribution in [2.45, 2.75) is 36.2 Å². The maximum Gasteiger partial charge on any atom is 0.123 e. The quantitative estimate of drug-likeness (QED) is 0.822. The predicted molar refractivity (Wildman–Crippen MR) is 84.0 cm³/mol. The first kappa shape index (κ1) is 15.4. The van der Waals surface area contributed by atoms with Crippen LogP contribution < -0.4 is 5.32 Å². The molecule has 106 valence electrons. The molecular weight excluding hydrogens is 293 g/mol. The summed E-state index contributed by atoms with van der Waals surface area (Å²) in [6.07, 6.45) is 0. The highest BCUT2D eigenvalue weighted by Gasteiger charge is 2.06. The molecule has 0 saturated heterocycles. The van der Waals surface area contributed by atoms with E-state index in [0.717, 1.165) is 16.3 Å². The molecule has 0 aliphatic carbocycles. The van der Waals surface area contributed by atoms with E-state index in [1.54, 1.807) is 23.9 Å². The fraction of sp³-hybridized carbons (Fsp3) is 0.250. The van der Waals surface area contributed by atoms with Gasteiger partial charge in [0.15, 0.2) is 0 Å². The average Bonchev–Trinajstić information content (AvgIpc) is 2.40. The third-order valence-electron chi connectivity index (χ3n) is 2.77. The van der Waals surface area contributed by atoms with Crippen LogP contribution >= 0.6 is 23.4 Å². The first-order valence-electron chi connectivity index (χ1n) is 6.50. The van der Waals surface area contributed by atoms with Crippen molar-refractivity contribution in [1.29, 1.82) is 0 Å². The molecule has 2 aromatic carbocycles. The smallest absolute Gasteiger partial charge is 0.123 e. The van der Waals surface area contributed by atoms with Gasteiger partial charge in [-0.25, -0.2) is 4.39 Å². The van der Waals surface area contributed by atoms with Gasteiger partial charge in [0.2, 0.25) is 0 Å². The van der Waals surface area contributed by atoms with Crippen LogP contribution in [0.3, 0.4) is 0 Å². The van der Waals surface area contributed by atoms with Crippen molar-refractivity contribution in [2.24, 2.45) is 0 Å². The topological polar surface area (TPSA) is 12.0 Å². The van der Waals surface area contributed by atoms with Gasteiger partial charge in [-0.3, -0.25) is 0 Å². The Kier molecular flexibility index (Phi) is 5.46. The third-order valence-corrected chi connectivity index (χ3v) is 4.11. The van der Waals surface area contributed by atoms with Crippen LogP contribution in [-0.4, -0.2) is 6.04 Å². The number of benzene rings is 2. The van der Waals surface area contributed by atoms with Gasteiger partial charge in [-0.05, 0) is 42.0 Å². The largest absolute Gasteiger partial charge is 0.310 e. The molecule has 0 aliphatic heterocycles. The molecule has 0 atom stereocenters. The first-order valence-corrected chi connectivity index (χ1v) is 7.69. The molecule has 0 unspecified atom stereocenters. The van der Waals surface area contributed by atoms with Gasteiger partial charge in [-0.15, -0.1) is 0 Å². The fourth-order valence-electron chi connectivity index (χ4n) is 1.71. The van der Waals surface area contributed by atoms with E-state index in [-0.39, 0.29) is 5.82 Å². The van der Waals surface area contributed by atoms with Crippen molar-refractivity contribution in [3.05, 3.63) is 58.9 Å². The minimum Gasteiger partial charge on any atom is -0.310 e. The molecule has 2 rings (SSSR count). The highest BCUT2D eigenvalue weighted by Crippen LogP contribution is 2.32. The Hall–Kier alpha value is -1.03. The SMILES string of the molecule is CC(C)NCc1ccc(Cl)cc1Sc1ccc(F)cc1. The lowest BCUT2D eigenvalue weighted by atomic mass is 10.2. The second-order valence-corrected chi connectivity index (χ2v) is 6.40. The van der Waals surface area contributed by atoms with Gasteiger partial charge in [0.05, 0.1) is 0 Å². The Labute approximate surface area is 128 Å². The van der Waals surface area contributed by atoms with E-state index in [1.165, 1.54) is 17.7 Å². The highest BCUT2D eigenvalue weighted by molar-refractivity contribution is 7.99. The summed E-state index contributed by atoms with van der Waals surface area (Å²) in [4.78, 5) is 2.09. The Bertz CT molecular complexity index is 569. The summed E-state index contributed by atoms with van der Waals surface area (Å²) in [5.41, 5.74) is 1.19. The third kappa shape index (κ3) is 4.51. The molecular formula is C16H17ClFNS. The molecule has 1 N–H and O–H groups in total. The molecule has 2 aromatic rings. The van der Waals surface area contributed by atoms with E-state index in [9.17, 15) is 4.39 Å². The molecule has 20 heavy (non-hydrogen) atoms. The number of rotatable bonds is 5. The summed E-state index contributed by atoms with van der Waals surface area (Å²) < 4.78 is 12.9. The van der Waals surface area contributed by atoms with Crippen LogP contribution in [-0.2, 0) is 6.54 Å². The van der Waals surface area contributed by atoms with Crippen molar-refractivity contribution in [3.63, 3.8) is 0 Å². The monoisotopic (exact) mass is 309 g/mol. The summed E-state index contributed by atoms with van der Waals surface area (Å²) in [7, 11) is 0. The van der Waals surface area contributed by atoms with Crippen LogP contribution in [0.2, 0.25) is 5.02 Å². The average molecular weight is 310 g/mol. The first-order chi connectivity index (χ1) is 9.54. The van der Waals surface area contributed by atoms with Gasteiger partial charge in [0, 0.05) is 27.4 Å². The fourth-order valence-corrected chi connectivity index (χ4v) is 2.93. The molecule has 0 aliphatic rings. The summed E-state index contributed by atoms with van der Waals surface area (Å²) in [5.74, 6) is -0.220. The van der Waals surface area contributed by atoms with E-state index in [0.29, 0.717) is 11.1 Å². The second-order valence-electron chi connectivity index (χ2n) is 4.84. The predicted octanol–water partition coefficient (Wildman–Crippen LogP) is 5.13. The Morgan fingerprint density at radius 1 is 1.15 bits per heavy atom. The molecule has 1 nitrogen and oxygen atoms in total. The zero-order valence-electron chi connectivity index (χ0n) is 11.5. The molecule has 0 fully saturated rings. The van der Waals surface area contributed by atoms with E-state index < -0.39 is 0 Å². The van der Waals surface area contributed by atoms with Crippen LogP contribution in [0, 0.1) is 5.82 Å². The number of hydrogen-bond donors (Lipinski definition) is 1. The molecule has 0 radical (unpaired) electrons. The van der Waals surface area contributed by atoms with Gasteiger partial charge in [-0.1, -0.05) is 43.3 Å². The molecule has 0 aromatic heterocycles. The zero-order chi connectivity index (χ0) is 14.5. The Morgan fingerprint density at radius 3 is 2.50 bits per heavy atom. The van der Waals surface area contributed by atoms with Crippen molar-refractivity contribution in [3.8, 4) is 0 Å². The highest BCUT2D eigenvalue weighted by atomic mass is 35.5. The van der Waals surface area contributed by atoms with Crippen LogP contribution in [0.15, 0.2) is 52.3 Å². The molecule has 0 saturated carbocycles. The summed E-state index contributed by atoms with van der Waals surface area (Å²) in [5, 5.41) is 4.11. The summed E-state index contributed by atoms with van der Waals surface area (Å²) >= 11 is 7.67. The van der Waals surface area contributed by atoms with Crippen LogP contribution in [0.1, 0.15) is 19.4 Å². The van der Waals surface area contributed by atoms with E-state index in [1.807, 2.05) is 18.2 Å². The van der Waals surface area contributed by atoms with Gasteiger partial charge in [-0.2, -0.15) is 0 Å². The summed E-state index contributed by atoms with van der Waals surface area (Å²) in [6.45, 7) is 5.02. The van der Waals surface area contributed by atoms with Crippen LogP contribution in [0.4, 0.5) is 4.39 Å². The van der Waals surface area contributed by atoms with Gasteiger partial charge in [0.25, 0.3) is 0 Å². The Morgan fingerprint density at radius 2 is 1.85 bits per heavy atom. The van der Waals surface area contributed by atoms with Gasteiger partial charge < -0.3 is 5.32 Å². The van der Waals surface area contributed by atoms with Gasteiger partial charge >= 0.3 is 0 Å². The maximum absolute atomic E-state index is 12.9. The Balaban J connectivity index is 2.20. The minimum absolute atomic E-state index is 0.220. The van der Waals surface area contributed by atoms with Crippen molar-refractivity contribution in [2.75, 3.05) is 0 Å². The standard InChI is InChI=1S/C16H17ClFNS/c1-11(2)19-10-12-3-4-13(17)9-16(12)20-15-7-5-14(18)6-8-15/h3-9,11,19H,10H2,1-2H3. The molecule has 0 amide bonds. The second kappa shape index (κ2) is 7.11. The molecule has 0 bridgehead atoms. The van der Waals surface area contributed by atoms with Gasteiger partial charge in [0.1, 0.15) is 5.82 Å².